The van der Waals surface area contributed by atoms with Crippen LogP contribution >= 0.6 is 0 Å². The maximum absolute atomic E-state index is 2.51. The Balaban J connectivity index is 2.40. The topological polar surface area (TPSA) is 6.48 Å². The van der Waals surface area contributed by atoms with Crippen LogP contribution in [0.1, 0.15) is 20.8 Å². The second-order valence-electron chi connectivity index (χ2n) is 3.72. The first-order chi connectivity index (χ1) is 5.11. The highest BCUT2D eigenvalue weighted by atomic mass is 15.3. The average molecular weight is 155 g/mol. The van der Waals surface area contributed by atoms with E-state index in [9.17, 15) is 0 Å². The second kappa shape index (κ2) is 3.55. The van der Waals surface area contributed by atoms with Crippen molar-refractivity contribution in [3.05, 3.63) is 6.04 Å². The molecule has 0 aliphatic carbocycles. The van der Waals surface area contributed by atoms with Gasteiger partial charge < -0.3 is 0 Å². The predicted molar refractivity (Wildman–Crippen MR) is 48.3 cm³/mol. The standard InChI is InChI=1S/C9H19N2/c1-8(2)11-6-5-10(4)9(3)7-11/h8H,5-7H2,1-4H3. The lowest BCUT2D eigenvalue weighted by Gasteiger charge is -2.39. The molecule has 65 valence electrons. The monoisotopic (exact) mass is 155 g/mol. The van der Waals surface area contributed by atoms with Gasteiger partial charge in [-0.1, -0.05) is 0 Å². The fourth-order valence-electron chi connectivity index (χ4n) is 1.40. The third-order valence-electron chi connectivity index (χ3n) is 2.54. The Labute approximate surface area is 70.2 Å². The Morgan fingerprint density at radius 3 is 2.36 bits per heavy atom. The van der Waals surface area contributed by atoms with Crippen molar-refractivity contribution in [1.29, 1.82) is 0 Å². The second-order valence-corrected chi connectivity index (χ2v) is 3.72. The minimum Gasteiger partial charge on any atom is -0.298 e. The summed E-state index contributed by atoms with van der Waals surface area (Å²) < 4.78 is 0. The van der Waals surface area contributed by atoms with E-state index in [1.807, 2.05) is 0 Å². The first-order valence-electron chi connectivity index (χ1n) is 4.39. The highest BCUT2D eigenvalue weighted by Crippen LogP contribution is 2.14. The van der Waals surface area contributed by atoms with E-state index in [1.54, 1.807) is 0 Å². The van der Waals surface area contributed by atoms with Gasteiger partial charge in [-0.25, -0.2) is 0 Å². The molecule has 1 heterocycles. The summed E-state index contributed by atoms with van der Waals surface area (Å²) >= 11 is 0. The van der Waals surface area contributed by atoms with E-state index in [0.29, 0.717) is 6.04 Å². The van der Waals surface area contributed by atoms with E-state index in [2.05, 4.69) is 37.6 Å². The summed E-state index contributed by atoms with van der Waals surface area (Å²) in [5.41, 5.74) is 0. The zero-order valence-corrected chi connectivity index (χ0v) is 8.09. The molecule has 1 radical (unpaired) electrons. The fraction of sp³-hybridized carbons (Fsp3) is 0.889. The number of rotatable bonds is 1. The molecule has 0 aromatic rings. The smallest absolute Gasteiger partial charge is 0.0499 e. The molecule has 1 saturated heterocycles. The molecule has 0 amide bonds. The van der Waals surface area contributed by atoms with Gasteiger partial charge in [-0.2, -0.15) is 0 Å². The number of piperazine rings is 1. The molecule has 0 spiro atoms. The van der Waals surface area contributed by atoms with Gasteiger partial charge in [0.05, 0.1) is 0 Å². The van der Waals surface area contributed by atoms with E-state index in [1.165, 1.54) is 19.1 Å². The fourth-order valence-corrected chi connectivity index (χ4v) is 1.40. The van der Waals surface area contributed by atoms with Crippen LogP contribution in [0.15, 0.2) is 0 Å². The third-order valence-corrected chi connectivity index (χ3v) is 2.54. The molecule has 0 unspecified atom stereocenters. The lowest BCUT2D eigenvalue weighted by atomic mass is 10.2. The van der Waals surface area contributed by atoms with E-state index >= 15 is 0 Å². The maximum Gasteiger partial charge on any atom is 0.0499 e. The van der Waals surface area contributed by atoms with Gasteiger partial charge in [0.25, 0.3) is 0 Å². The van der Waals surface area contributed by atoms with Crippen molar-refractivity contribution < 1.29 is 0 Å². The SMILES string of the molecule is C[C]1CN(C(C)C)CCN1C. The lowest BCUT2D eigenvalue weighted by molar-refractivity contribution is 0.131. The van der Waals surface area contributed by atoms with Crippen LogP contribution in [0.3, 0.4) is 0 Å². The average Bonchev–Trinajstić information content (AvgIpc) is 1.94. The van der Waals surface area contributed by atoms with E-state index in [-0.39, 0.29) is 0 Å². The van der Waals surface area contributed by atoms with Gasteiger partial charge in [-0.3, -0.25) is 9.80 Å². The molecule has 0 aromatic carbocycles. The molecule has 11 heavy (non-hydrogen) atoms. The number of hydrogen-bond acceptors (Lipinski definition) is 2. The molecule has 0 N–H and O–H groups in total. The highest BCUT2D eigenvalue weighted by molar-refractivity contribution is 4.91. The van der Waals surface area contributed by atoms with E-state index in [0.717, 1.165) is 6.54 Å². The van der Waals surface area contributed by atoms with Crippen LogP contribution in [0.5, 0.6) is 0 Å². The molecular weight excluding hydrogens is 136 g/mol. The number of hydrogen-bond donors (Lipinski definition) is 0. The van der Waals surface area contributed by atoms with Gasteiger partial charge in [-0.05, 0) is 27.8 Å². The Hall–Kier alpha value is -0.0800. The quantitative estimate of drug-likeness (QED) is 0.561. The molecule has 0 saturated carbocycles. The van der Waals surface area contributed by atoms with Gasteiger partial charge in [0.1, 0.15) is 0 Å². The normalized spacial score (nSPS) is 24.8. The molecule has 1 fully saturated rings. The minimum absolute atomic E-state index is 0.693. The predicted octanol–water partition coefficient (Wildman–Crippen LogP) is 1.19. The Kier molecular flexibility index (Phi) is 2.90. The van der Waals surface area contributed by atoms with Gasteiger partial charge in [0, 0.05) is 31.7 Å². The molecule has 2 heteroatoms. The summed E-state index contributed by atoms with van der Waals surface area (Å²) in [6.07, 6.45) is 0. The van der Waals surface area contributed by atoms with Gasteiger partial charge in [-0.15, -0.1) is 0 Å². The first kappa shape index (κ1) is 9.01. The minimum atomic E-state index is 0.693. The summed E-state index contributed by atoms with van der Waals surface area (Å²) in [5.74, 6) is 0. The molecular formula is C9H19N2. The van der Waals surface area contributed by atoms with Crippen molar-refractivity contribution in [2.75, 3.05) is 26.7 Å². The zero-order chi connectivity index (χ0) is 8.43. The summed E-state index contributed by atoms with van der Waals surface area (Å²) in [5, 5.41) is 0. The van der Waals surface area contributed by atoms with Gasteiger partial charge >= 0.3 is 0 Å². The van der Waals surface area contributed by atoms with Crippen LogP contribution in [0.4, 0.5) is 0 Å². The highest BCUT2D eigenvalue weighted by Gasteiger charge is 2.22. The van der Waals surface area contributed by atoms with Crippen LogP contribution in [0.2, 0.25) is 0 Å². The zero-order valence-electron chi connectivity index (χ0n) is 8.09. The molecule has 0 aromatic heterocycles. The van der Waals surface area contributed by atoms with Crippen molar-refractivity contribution in [1.82, 2.24) is 9.80 Å². The maximum atomic E-state index is 2.51. The van der Waals surface area contributed by atoms with Crippen molar-refractivity contribution in [3.8, 4) is 0 Å². The number of nitrogens with zero attached hydrogens (tertiary/aromatic N) is 2. The summed E-state index contributed by atoms with van der Waals surface area (Å²) in [6, 6.07) is 2.18. The first-order valence-corrected chi connectivity index (χ1v) is 4.39. The molecule has 1 aliphatic rings. The lowest BCUT2D eigenvalue weighted by Crippen LogP contribution is -2.48. The van der Waals surface area contributed by atoms with Crippen LogP contribution in [0.25, 0.3) is 0 Å². The molecule has 2 nitrogen and oxygen atoms in total. The van der Waals surface area contributed by atoms with Crippen molar-refractivity contribution >= 4 is 0 Å². The Morgan fingerprint density at radius 1 is 1.27 bits per heavy atom. The molecule has 1 aliphatic heterocycles. The van der Waals surface area contributed by atoms with Gasteiger partial charge in [0.2, 0.25) is 0 Å². The summed E-state index contributed by atoms with van der Waals surface area (Å²) in [7, 11) is 2.17. The molecule has 0 atom stereocenters. The Morgan fingerprint density at radius 2 is 1.91 bits per heavy atom. The van der Waals surface area contributed by atoms with Crippen LogP contribution in [0, 0.1) is 6.04 Å². The van der Waals surface area contributed by atoms with Crippen LogP contribution in [-0.4, -0.2) is 42.5 Å². The van der Waals surface area contributed by atoms with Crippen LogP contribution < -0.4 is 0 Å². The van der Waals surface area contributed by atoms with Crippen LogP contribution in [-0.2, 0) is 0 Å². The number of likely N-dealkylation sites (N-methyl/N-ethyl adjacent to an activating group) is 1. The van der Waals surface area contributed by atoms with E-state index < -0.39 is 0 Å². The molecule has 1 rings (SSSR count). The molecule has 0 bridgehead atoms. The summed E-state index contributed by atoms with van der Waals surface area (Å²) in [6.45, 7) is 10.3. The van der Waals surface area contributed by atoms with E-state index in [4.69, 9.17) is 0 Å². The third kappa shape index (κ3) is 2.17. The summed E-state index contributed by atoms with van der Waals surface area (Å²) in [4.78, 5) is 4.86. The Bertz CT molecular complexity index is 123. The van der Waals surface area contributed by atoms with Crippen molar-refractivity contribution in [3.63, 3.8) is 0 Å². The van der Waals surface area contributed by atoms with Crippen molar-refractivity contribution in [2.45, 2.75) is 26.8 Å². The van der Waals surface area contributed by atoms with Crippen molar-refractivity contribution in [2.24, 2.45) is 0 Å². The van der Waals surface area contributed by atoms with Gasteiger partial charge in [0.15, 0.2) is 0 Å². The largest absolute Gasteiger partial charge is 0.298 e.